The molecule has 1 saturated heterocycles. The number of aryl methyl sites for hydroxylation is 1. The summed E-state index contributed by atoms with van der Waals surface area (Å²) in [7, 11) is 0. The van der Waals surface area contributed by atoms with E-state index in [2.05, 4.69) is 5.32 Å². The highest BCUT2D eigenvalue weighted by molar-refractivity contribution is 5.96. The average molecular weight is 381 g/mol. The second kappa shape index (κ2) is 7.20. The largest absolute Gasteiger partial charge is 0.376 e. The van der Waals surface area contributed by atoms with Crippen LogP contribution in [0.1, 0.15) is 35.7 Å². The monoisotopic (exact) mass is 381 g/mol. The molecule has 1 atom stereocenters. The summed E-state index contributed by atoms with van der Waals surface area (Å²) in [6.07, 6.45) is 3.45. The van der Waals surface area contributed by atoms with Gasteiger partial charge in [0.25, 0.3) is 11.5 Å². The molecule has 0 aromatic carbocycles. The Morgan fingerprint density at radius 1 is 1.43 bits per heavy atom. The standard InChI is InChI=1S/C20H23N5O3/c1-3-22-19(26)14-10-15-18(25(16(14)21)11-13-7-5-9-28-13)23-17-12(2)6-4-8-24(17)20(15)27/h4,6,8,10,13,21H,3,5,7,9,11H2,1-2H3,(H,22,26)/t13-/m1/s1. The maximum absolute atomic E-state index is 13.2. The number of carbonyl (C=O) groups excluding carboxylic acids is 1. The first-order valence-corrected chi connectivity index (χ1v) is 9.51. The van der Waals surface area contributed by atoms with Gasteiger partial charge in [-0.2, -0.15) is 0 Å². The first-order valence-electron chi connectivity index (χ1n) is 9.51. The zero-order chi connectivity index (χ0) is 19.8. The highest BCUT2D eigenvalue weighted by Crippen LogP contribution is 2.17. The number of aromatic nitrogens is 3. The fourth-order valence-corrected chi connectivity index (χ4v) is 3.70. The Bertz CT molecular complexity index is 1190. The number of hydrogen-bond acceptors (Lipinski definition) is 5. The van der Waals surface area contributed by atoms with Crippen LogP contribution < -0.4 is 16.4 Å². The smallest absolute Gasteiger partial charge is 0.267 e. The van der Waals surface area contributed by atoms with Crippen LogP contribution in [0, 0.1) is 12.3 Å². The zero-order valence-electron chi connectivity index (χ0n) is 16.0. The number of hydrogen-bond donors (Lipinski definition) is 2. The molecule has 3 aromatic heterocycles. The third-order valence-corrected chi connectivity index (χ3v) is 5.13. The van der Waals surface area contributed by atoms with E-state index in [4.69, 9.17) is 15.1 Å². The molecule has 0 aliphatic carbocycles. The zero-order valence-corrected chi connectivity index (χ0v) is 16.0. The number of nitrogens with zero attached hydrogens (tertiary/aromatic N) is 3. The van der Waals surface area contributed by atoms with Crippen molar-refractivity contribution in [2.45, 2.75) is 39.3 Å². The predicted molar refractivity (Wildman–Crippen MR) is 105 cm³/mol. The van der Waals surface area contributed by atoms with Crippen LogP contribution in [0.15, 0.2) is 29.2 Å². The van der Waals surface area contributed by atoms with Crippen molar-refractivity contribution in [3.8, 4) is 0 Å². The van der Waals surface area contributed by atoms with Gasteiger partial charge in [-0.15, -0.1) is 0 Å². The molecule has 0 bridgehead atoms. The van der Waals surface area contributed by atoms with Gasteiger partial charge >= 0.3 is 0 Å². The van der Waals surface area contributed by atoms with Crippen molar-refractivity contribution in [3.63, 3.8) is 0 Å². The van der Waals surface area contributed by atoms with E-state index in [1.54, 1.807) is 16.8 Å². The van der Waals surface area contributed by atoms with Gasteiger partial charge in [0.15, 0.2) is 0 Å². The van der Waals surface area contributed by atoms with Crippen LogP contribution in [0.4, 0.5) is 0 Å². The Morgan fingerprint density at radius 2 is 2.25 bits per heavy atom. The highest BCUT2D eigenvalue weighted by atomic mass is 16.5. The normalized spacial score (nSPS) is 16.7. The summed E-state index contributed by atoms with van der Waals surface area (Å²) in [5.41, 5.74) is 1.77. The van der Waals surface area contributed by atoms with Crippen LogP contribution in [0.5, 0.6) is 0 Å². The molecule has 28 heavy (non-hydrogen) atoms. The van der Waals surface area contributed by atoms with Crippen molar-refractivity contribution in [1.82, 2.24) is 19.3 Å². The van der Waals surface area contributed by atoms with Gasteiger partial charge in [0, 0.05) is 19.3 Å². The molecular formula is C20H23N5O3. The minimum absolute atomic E-state index is 0.0405. The van der Waals surface area contributed by atoms with Crippen LogP contribution in [-0.4, -0.2) is 39.1 Å². The number of carbonyl (C=O) groups is 1. The Balaban J connectivity index is 2.06. The Hall–Kier alpha value is -3.00. The summed E-state index contributed by atoms with van der Waals surface area (Å²) in [5, 5.41) is 11.7. The lowest BCUT2D eigenvalue weighted by Crippen LogP contribution is -2.36. The van der Waals surface area contributed by atoms with Gasteiger partial charge < -0.3 is 14.6 Å². The molecule has 8 heteroatoms. The SMILES string of the molecule is CCNC(=O)c1cc2c(=O)n3cccc(C)c3nc2n(C[C@H]2CCCO2)c1=N. The van der Waals surface area contributed by atoms with Gasteiger partial charge in [-0.05, 0) is 44.4 Å². The van der Waals surface area contributed by atoms with Gasteiger partial charge in [0.2, 0.25) is 0 Å². The summed E-state index contributed by atoms with van der Waals surface area (Å²) < 4.78 is 8.86. The second-order valence-corrected chi connectivity index (χ2v) is 7.05. The lowest BCUT2D eigenvalue weighted by Gasteiger charge is -2.17. The minimum atomic E-state index is -0.371. The third-order valence-electron chi connectivity index (χ3n) is 5.13. The maximum Gasteiger partial charge on any atom is 0.267 e. The van der Waals surface area contributed by atoms with E-state index in [-0.39, 0.29) is 28.6 Å². The topological polar surface area (TPSA) is 101 Å². The van der Waals surface area contributed by atoms with Crippen LogP contribution in [0.3, 0.4) is 0 Å². The Labute approximate surface area is 161 Å². The van der Waals surface area contributed by atoms with Crippen molar-refractivity contribution in [3.05, 3.63) is 51.4 Å². The molecule has 146 valence electrons. The van der Waals surface area contributed by atoms with E-state index in [1.165, 1.54) is 10.5 Å². The van der Waals surface area contributed by atoms with E-state index >= 15 is 0 Å². The molecule has 8 nitrogen and oxygen atoms in total. The molecule has 3 aromatic rings. The molecule has 0 spiro atoms. The van der Waals surface area contributed by atoms with Crippen LogP contribution in [0.25, 0.3) is 16.7 Å². The summed E-state index contributed by atoms with van der Waals surface area (Å²) in [4.78, 5) is 30.4. The van der Waals surface area contributed by atoms with Crippen molar-refractivity contribution >= 4 is 22.6 Å². The van der Waals surface area contributed by atoms with Crippen LogP contribution in [-0.2, 0) is 11.3 Å². The number of nitrogens with one attached hydrogen (secondary N) is 2. The van der Waals surface area contributed by atoms with Gasteiger partial charge in [0.05, 0.1) is 23.6 Å². The molecule has 1 aliphatic rings. The van der Waals surface area contributed by atoms with Crippen molar-refractivity contribution in [1.29, 1.82) is 5.41 Å². The molecule has 4 heterocycles. The first kappa shape index (κ1) is 18.4. The molecule has 2 N–H and O–H groups in total. The molecule has 1 aliphatic heterocycles. The van der Waals surface area contributed by atoms with E-state index < -0.39 is 0 Å². The van der Waals surface area contributed by atoms with E-state index in [0.717, 1.165) is 18.4 Å². The van der Waals surface area contributed by atoms with E-state index in [9.17, 15) is 9.59 Å². The minimum Gasteiger partial charge on any atom is -0.376 e. The van der Waals surface area contributed by atoms with Crippen molar-refractivity contribution < 1.29 is 9.53 Å². The Morgan fingerprint density at radius 3 is 2.96 bits per heavy atom. The molecule has 0 radical (unpaired) electrons. The van der Waals surface area contributed by atoms with E-state index in [0.29, 0.717) is 36.4 Å². The third kappa shape index (κ3) is 2.99. The lowest BCUT2D eigenvalue weighted by molar-refractivity contribution is 0.0934. The maximum atomic E-state index is 13.2. The number of pyridine rings is 2. The van der Waals surface area contributed by atoms with Gasteiger partial charge in [0.1, 0.15) is 16.8 Å². The Kier molecular flexibility index (Phi) is 4.72. The van der Waals surface area contributed by atoms with Crippen LogP contribution >= 0.6 is 0 Å². The summed E-state index contributed by atoms with van der Waals surface area (Å²) >= 11 is 0. The van der Waals surface area contributed by atoms with Crippen molar-refractivity contribution in [2.24, 2.45) is 0 Å². The summed E-state index contributed by atoms with van der Waals surface area (Å²) in [6.45, 7) is 5.22. The fraction of sp³-hybridized carbons (Fsp3) is 0.400. The molecule has 0 saturated carbocycles. The van der Waals surface area contributed by atoms with Gasteiger partial charge in [-0.3, -0.25) is 19.4 Å². The number of ether oxygens (including phenoxy) is 1. The summed E-state index contributed by atoms with van der Waals surface area (Å²) in [6, 6.07) is 5.17. The van der Waals surface area contributed by atoms with E-state index in [1.807, 2.05) is 19.9 Å². The first-order chi connectivity index (χ1) is 13.5. The fourth-order valence-electron chi connectivity index (χ4n) is 3.70. The molecule has 0 unspecified atom stereocenters. The van der Waals surface area contributed by atoms with Gasteiger partial charge in [-0.1, -0.05) is 6.07 Å². The quantitative estimate of drug-likeness (QED) is 0.667. The van der Waals surface area contributed by atoms with Crippen LogP contribution in [0.2, 0.25) is 0 Å². The number of amides is 1. The summed E-state index contributed by atoms with van der Waals surface area (Å²) in [5.74, 6) is -0.371. The lowest BCUT2D eigenvalue weighted by atomic mass is 10.1. The highest BCUT2D eigenvalue weighted by Gasteiger charge is 2.22. The molecule has 4 rings (SSSR count). The number of fused-ring (bicyclic) bond motifs is 2. The second-order valence-electron chi connectivity index (χ2n) is 7.05. The predicted octanol–water partition coefficient (Wildman–Crippen LogP) is 1.37. The number of rotatable bonds is 4. The molecule has 1 amide bonds. The molecular weight excluding hydrogens is 358 g/mol. The average Bonchev–Trinajstić information content (AvgIpc) is 3.18. The molecule has 1 fully saturated rings. The van der Waals surface area contributed by atoms with Gasteiger partial charge in [-0.25, -0.2) is 4.98 Å². The van der Waals surface area contributed by atoms with Crippen molar-refractivity contribution in [2.75, 3.05) is 13.2 Å².